The van der Waals surface area contributed by atoms with Gasteiger partial charge < -0.3 is 5.32 Å². The van der Waals surface area contributed by atoms with E-state index in [4.69, 9.17) is 0 Å². The molecule has 74 valence electrons. The molecule has 0 unspecified atom stereocenters. The van der Waals surface area contributed by atoms with Gasteiger partial charge in [-0.25, -0.2) is 0 Å². The number of hydrogen-bond donors (Lipinski definition) is 1. The van der Waals surface area contributed by atoms with Crippen LogP contribution in [-0.2, 0) is 0 Å². The first-order valence-electron chi connectivity index (χ1n) is 4.57. The Balaban J connectivity index is 2.55. The van der Waals surface area contributed by atoms with E-state index in [1.807, 2.05) is 13.8 Å². The Morgan fingerprint density at radius 3 is 2.64 bits per heavy atom. The lowest BCUT2D eigenvalue weighted by atomic mass is 10.2. The Labute approximate surface area is 83.9 Å². The topological polar surface area (TPSA) is 42.0 Å². The average Bonchev–Trinajstić information content (AvgIpc) is 2.18. The molecule has 1 heterocycles. The predicted molar refractivity (Wildman–Crippen MR) is 56.0 cm³/mol. The highest BCUT2D eigenvalue weighted by molar-refractivity contribution is 6.04. The zero-order chi connectivity index (χ0) is 10.4. The van der Waals surface area contributed by atoms with Crippen LogP contribution in [0.4, 0.5) is 0 Å². The molecule has 1 N–H and O–H groups in total. The SMILES string of the molecule is CC(C)N/C=C\C(=O)c1ccncc1. The monoisotopic (exact) mass is 190 g/mol. The van der Waals surface area contributed by atoms with E-state index in [0.717, 1.165) is 0 Å². The van der Waals surface area contributed by atoms with Gasteiger partial charge in [0.15, 0.2) is 5.78 Å². The number of rotatable bonds is 4. The average molecular weight is 190 g/mol. The fourth-order valence-electron chi connectivity index (χ4n) is 0.929. The van der Waals surface area contributed by atoms with Crippen LogP contribution >= 0.6 is 0 Å². The lowest BCUT2D eigenvalue weighted by Crippen LogP contribution is -2.15. The van der Waals surface area contributed by atoms with E-state index in [1.165, 1.54) is 6.08 Å². The second kappa shape index (κ2) is 5.17. The summed E-state index contributed by atoms with van der Waals surface area (Å²) in [5, 5.41) is 3.03. The van der Waals surface area contributed by atoms with E-state index in [1.54, 1.807) is 30.7 Å². The van der Waals surface area contributed by atoms with E-state index in [0.29, 0.717) is 11.6 Å². The molecule has 1 aromatic rings. The lowest BCUT2D eigenvalue weighted by molar-refractivity contribution is 0.104. The van der Waals surface area contributed by atoms with Gasteiger partial charge in [0.2, 0.25) is 0 Å². The van der Waals surface area contributed by atoms with Crippen molar-refractivity contribution in [3.63, 3.8) is 0 Å². The number of nitrogens with one attached hydrogen (secondary N) is 1. The van der Waals surface area contributed by atoms with Crippen molar-refractivity contribution in [1.82, 2.24) is 10.3 Å². The molecule has 0 saturated heterocycles. The fourth-order valence-corrected chi connectivity index (χ4v) is 0.929. The third kappa shape index (κ3) is 3.39. The van der Waals surface area contributed by atoms with Crippen molar-refractivity contribution < 1.29 is 4.79 Å². The van der Waals surface area contributed by atoms with Crippen molar-refractivity contribution in [3.05, 3.63) is 42.4 Å². The van der Waals surface area contributed by atoms with Crippen LogP contribution < -0.4 is 5.32 Å². The smallest absolute Gasteiger partial charge is 0.187 e. The summed E-state index contributed by atoms with van der Waals surface area (Å²) in [6.07, 6.45) is 6.41. The molecule has 0 aliphatic heterocycles. The van der Waals surface area contributed by atoms with E-state index in [2.05, 4.69) is 10.3 Å². The Bertz CT molecular complexity index is 317. The quantitative estimate of drug-likeness (QED) is 0.581. The third-order valence-corrected chi connectivity index (χ3v) is 1.63. The highest BCUT2D eigenvalue weighted by atomic mass is 16.1. The molecule has 0 amide bonds. The van der Waals surface area contributed by atoms with E-state index in [9.17, 15) is 4.79 Å². The predicted octanol–water partition coefficient (Wildman–Crippen LogP) is 1.78. The number of hydrogen-bond acceptors (Lipinski definition) is 3. The Morgan fingerprint density at radius 1 is 1.43 bits per heavy atom. The number of pyridine rings is 1. The number of aromatic nitrogens is 1. The van der Waals surface area contributed by atoms with Crippen molar-refractivity contribution >= 4 is 5.78 Å². The molecule has 0 saturated carbocycles. The second-order valence-corrected chi connectivity index (χ2v) is 3.25. The molecule has 0 radical (unpaired) electrons. The van der Waals surface area contributed by atoms with Gasteiger partial charge in [0.25, 0.3) is 0 Å². The maximum atomic E-state index is 11.5. The molecule has 3 nitrogen and oxygen atoms in total. The molecule has 0 atom stereocenters. The second-order valence-electron chi connectivity index (χ2n) is 3.25. The van der Waals surface area contributed by atoms with Gasteiger partial charge in [-0.05, 0) is 26.0 Å². The zero-order valence-corrected chi connectivity index (χ0v) is 8.40. The number of carbonyl (C=O) groups is 1. The lowest BCUT2D eigenvalue weighted by Gasteiger charge is -2.02. The number of allylic oxidation sites excluding steroid dienone is 1. The van der Waals surface area contributed by atoms with Crippen LogP contribution in [0.1, 0.15) is 24.2 Å². The molecule has 0 fully saturated rings. The number of ketones is 1. The number of carbonyl (C=O) groups excluding carboxylic acids is 1. The van der Waals surface area contributed by atoms with Crippen molar-refractivity contribution in [2.45, 2.75) is 19.9 Å². The standard InChI is InChI=1S/C11H14N2O/c1-9(2)13-8-5-11(14)10-3-6-12-7-4-10/h3-9,13H,1-2H3/b8-5-. The first kappa shape index (κ1) is 10.4. The molecule has 0 spiro atoms. The van der Waals surface area contributed by atoms with Crippen molar-refractivity contribution in [2.24, 2.45) is 0 Å². The summed E-state index contributed by atoms with van der Waals surface area (Å²) in [5.41, 5.74) is 0.654. The minimum Gasteiger partial charge on any atom is -0.389 e. The molecule has 0 aromatic carbocycles. The van der Waals surface area contributed by atoms with Crippen LogP contribution in [0.5, 0.6) is 0 Å². The molecule has 0 aliphatic rings. The maximum Gasteiger partial charge on any atom is 0.187 e. The summed E-state index contributed by atoms with van der Waals surface area (Å²) in [6, 6.07) is 3.74. The van der Waals surface area contributed by atoms with Gasteiger partial charge >= 0.3 is 0 Å². The zero-order valence-electron chi connectivity index (χ0n) is 8.40. The first-order chi connectivity index (χ1) is 6.70. The van der Waals surface area contributed by atoms with Crippen LogP contribution in [0, 0.1) is 0 Å². The summed E-state index contributed by atoms with van der Waals surface area (Å²) in [7, 11) is 0. The van der Waals surface area contributed by atoms with Crippen LogP contribution in [0.15, 0.2) is 36.8 Å². The van der Waals surface area contributed by atoms with Crippen LogP contribution in [0.25, 0.3) is 0 Å². The van der Waals surface area contributed by atoms with Crippen molar-refractivity contribution in [3.8, 4) is 0 Å². The molecule has 0 bridgehead atoms. The third-order valence-electron chi connectivity index (χ3n) is 1.63. The van der Waals surface area contributed by atoms with Crippen molar-refractivity contribution in [1.29, 1.82) is 0 Å². The highest BCUT2D eigenvalue weighted by Crippen LogP contribution is 1.98. The normalized spacial score (nSPS) is 10.8. The summed E-state index contributed by atoms with van der Waals surface area (Å²) in [4.78, 5) is 15.3. The summed E-state index contributed by atoms with van der Waals surface area (Å²) < 4.78 is 0. The van der Waals surface area contributed by atoms with Gasteiger partial charge in [0, 0.05) is 36.3 Å². The molecule has 0 aliphatic carbocycles. The Morgan fingerprint density at radius 2 is 2.07 bits per heavy atom. The molecule has 3 heteroatoms. The highest BCUT2D eigenvalue weighted by Gasteiger charge is 1.98. The van der Waals surface area contributed by atoms with Gasteiger partial charge in [-0.2, -0.15) is 0 Å². The summed E-state index contributed by atoms with van der Waals surface area (Å²) in [6.45, 7) is 4.03. The number of nitrogens with zero attached hydrogens (tertiary/aromatic N) is 1. The minimum atomic E-state index is -0.0134. The first-order valence-corrected chi connectivity index (χ1v) is 4.57. The summed E-state index contributed by atoms with van der Waals surface area (Å²) in [5.74, 6) is -0.0134. The van der Waals surface area contributed by atoms with E-state index < -0.39 is 0 Å². The fraction of sp³-hybridized carbons (Fsp3) is 0.273. The maximum absolute atomic E-state index is 11.5. The van der Waals surface area contributed by atoms with Gasteiger partial charge in [-0.1, -0.05) is 0 Å². The van der Waals surface area contributed by atoms with E-state index in [-0.39, 0.29) is 5.78 Å². The van der Waals surface area contributed by atoms with Crippen molar-refractivity contribution in [2.75, 3.05) is 0 Å². The Kier molecular flexibility index (Phi) is 3.85. The van der Waals surface area contributed by atoms with Crippen LogP contribution in [0.2, 0.25) is 0 Å². The summed E-state index contributed by atoms with van der Waals surface area (Å²) >= 11 is 0. The van der Waals surface area contributed by atoms with Crippen LogP contribution in [-0.4, -0.2) is 16.8 Å². The van der Waals surface area contributed by atoms with Gasteiger partial charge in [0.1, 0.15) is 0 Å². The molecular formula is C11H14N2O. The van der Waals surface area contributed by atoms with Gasteiger partial charge in [0.05, 0.1) is 0 Å². The minimum absolute atomic E-state index is 0.0134. The van der Waals surface area contributed by atoms with Gasteiger partial charge in [-0.15, -0.1) is 0 Å². The largest absolute Gasteiger partial charge is 0.389 e. The van der Waals surface area contributed by atoms with Crippen LogP contribution in [0.3, 0.4) is 0 Å². The molecule has 1 aromatic heterocycles. The van der Waals surface area contributed by atoms with Gasteiger partial charge in [-0.3, -0.25) is 9.78 Å². The Hall–Kier alpha value is -1.64. The molecule has 1 rings (SSSR count). The molecular weight excluding hydrogens is 176 g/mol. The molecule has 14 heavy (non-hydrogen) atoms. The van der Waals surface area contributed by atoms with E-state index >= 15 is 0 Å².